The van der Waals surface area contributed by atoms with Gasteiger partial charge in [0.25, 0.3) is 0 Å². The van der Waals surface area contributed by atoms with Crippen molar-refractivity contribution in [3.05, 3.63) is 33.0 Å². The van der Waals surface area contributed by atoms with E-state index in [1.54, 1.807) is 0 Å². The number of hydrogen-bond acceptors (Lipinski definition) is 12. The number of pyridine rings is 1. The molecule has 1 fully saturated rings. The van der Waals surface area contributed by atoms with Crippen LogP contribution >= 0.6 is 35.7 Å². The topological polar surface area (TPSA) is 271 Å². The van der Waals surface area contributed by atoms with Gasteiger partial charge in [-0.15, -0.1) is 0 Å². The van der Waals surface area contributed by atoms with Crippen LogP contribution in [0.3, 0.4) is 0 Å². The summed E-state index contributed by atoms with van der Waals surface area (Å²) in [4.78, 5) is 55.6. The molecule has 1 saturated heterocycles. The molecule has 3 unspecified atom stereocenters. The number of hydrogen-bond donors (Lipinski definition) is 8. The molecule has 0 amide bonds. The van der Waals surface area contributed by atoms with Crippen LogP contribution in [0.25, 0.3) is 11.0 Å². The zero-order chi connectivity index (χ0) is 24.8. The van der Waals surface area contributed by atoms with Crippen molar-refractivity contribution in [1.29, 1.82) is 0 Å². The second kappa shape index (κ2) is 9.45. The fraction of sp³-hybridized carbons (Fsp3) is 0.417. The number of nitrogens with one attached hydrogen (secondary N) is 2. The van der Waals surface area contributed by atoms with Crippen LogP contribution in [0.2, 0.25) is 0 Å². The Balaban J connectivity index is 1.73. The average Bonchev–Trinajstić information content (AvgIpc) is 2.91. The first-order valence-electron chi connectivity index (χ1n) is 8.49. The Labute approximate surface area is 187 Å². The molecular formula is C12H16N3O14P3S. The van der Waals surface area contributed by atoms with E-state index in [1.165, 1.54) is 12.3 Å². The van der Waals surface area contributed by atoms with Crippen LogP contribution in [0.4, 0.5) is 0 Å². The maximum atomic E-state index is 11.8. The third-order valence-electron chi connectivity index (χ3n) is 4.14. The molecule has 184 valence electrons. The van der Waals surface area contributed by atoms with Gasteiger partial charge in [0.05, 0.1) is 6.61 Å². The highest BCUT2D eigenvalue weighted by atomic mass is 32.1. The standard InChI is InChI=1S/C12H16N3O14P3S/c16-7-6(3-26-31(22,23)29-32(24,25)28-30(19,20)21)27-9(8(7)17)5-1-4-2-13-12(18)15-10(4)14-11(5)33/h1-2,6-9,16-17H,3H2,(H,22,23)(H,24,25)(H2,19,20,21)(H2,13,14,15,18,33)/t6-,7+,8?,9+/m1/s1. The van der Waals surface area contributed by atoms with Gasteiger partial charge in [-0.2, -0.15) is 8.62 Å². The zero-order valence-corrected chi connectivity index (χ0v) is 19.3. The van der Waals surface area contributed by atoms with Crippen molar-refractivity contribution in [1.82, 2.24) is 15.0 Å². The number of rotatable bonds is 8. The SMILES string of the molecule is O=c1ncc2cc([C@@H]3O[C@H](COP(=O)(O)OP(=O)(O)OP(=O)(O)O)[C@H](O)C3O)c(=S)[nH]c2[nH]1. The van der Waals surface area contributed by atoms with Crippen LogP contribution in [0, 0.1) is 4.64 Å². The highest BCUT2D eigenvalue weighted by molar-refractivity contribution is 7.71. The van der Waals surface area contributed by atoms with Crippen molar-refractivity contribution in [2.45, 2.75) is 24.4 Å². The van der Waals surface area contributed by atoms with E-state index >= 15 is 0 Å². The number of nitrogens with zero attached hydrogens (tertiary/aromatic N) is 1. The van der Waals surface area contributed by atoms with Gasteiger partial charge in [-0.25, -0.2) is 23.5 Å². The van der Waals surface area contributed by atoms with E-state index < -0.39 is 60.2 Å². The van der Waals surface area contributed by atoms with Gasteiger partial charge in [0.1, 0.15) is 34.7 Å². The molecule has 0 bridgehead atoms. The molecule has 0 saturated carbocycles. The summed E-state index contributed by atoms with van der Waals surface area (Å²) in [6.07, 6.45) is -4.83. The molecule has 33 heavy (non-hydrogen) atoms. The number of aromatic amines is 2. The van der Waals surface area contributed by atoms with Gasteiger partial charge >= 0.3 is 29.2 Å². The highest BCUT2D eigenvalue weighted by Gasteiger charge is 2.46. The summed E-state index contributed by atoms with van der Waals surface area (Å²) in [6.45, 7) is -0.975. The Kier molecular flexibility index (Phi) is 7.56. The Morgan fingerprint density at radius 2 is 1.73 bits per heavy atom. The van der Waals surface area contributed by atoms with E-state index in [1.807, 2.05) is 0 Å². The van der Waals surface area contributed by atoms with Crippen molar-refractivity contribution < 1.29 is 61.4 Å². The molecule has 8 N–H and O–H groups in total. The first-order valence-corrected chi connectivity index (χ1v) is 13.4. The van der Waals surface area contributed by atoms with E-state index in [9.17, 15) is 33.6 Å². The molecule has 21 heteroatoms. The summed E-state index contributed by atoms with van der Waals surface area (Å²) >= 11 is 5.17. The maximum absolute atomic E-state index is 11.8. The van der Waals surface area contributed by atoms with Crippen LogP contribution in [0.15, 0.2) is 17.1 Å². The van der Waals surface area contributed by atoms with Gasteiger partial charge in [-0.1, -0.05) is 12.2 Å². The Bertz CT molecular complexity index is 1310. The summed E-state index contributed by atoms with van der Waals surface area (Å²) in [5, 5.41) is 20.9. The Hall–Kier alpha value is -1.20. The normalized spacial score (nSPS) is 27.3. The van der Waals surface area contributed by atoms with Crippen molar-refractivity contribution >= 4 is 46.7 Å². The third-order valence-corrected chi connectivity index (χ3v) is 8.28. The summed E-state index contributed by atoms with van der Waals surface area (Å²) in [7, 11) is -16.7. The molecule has 0 aliphatic carbocycles. The van der Waals surface area contributed by atoms with Crippen LogP contribution < -0.4 is 5.69 Å². The summed E-state index contributed by atoms with van der Waals surface area (Å²) in [5.74, 6) is 0. The largest absolute Gasteiger partial charge is 0.490 e. The molecular weight excluding hydrogens is 535 g/mol. The summed E-state index contributed by atoms with van der Waals surface area (Å²) < 4.78 is 50.9. The first kappa shape index (κ1) is 26.4. The van der Waals surface area contributed by atoms with E-state index in [2.05, 4.69) is 28.1 Å². The van der Waals surface area contributed by atoms with Crippen LogP contribution in [0.5, 0.6) is 0 Å². The summed E-state index contributed by atoms with van der Waals surface area (Å²) in [5.41, 5.74) is -0.236. The van der Waals surface area contributed by atoms with Crippen LogP contribution in [-0.2, 0) is 31.6 Å². The van der Waals surface area contributed by atoms with E-state index in [0.717, 1.165) is 0 Å². The third kappa shape index (κ3) is 6.69. The minimum absolute atomic E-state index is 0.0223. The van der Waals surface area contributed by atoms with Gasteiger partial charge in [0.15, 0.2) is 0 Å². The first-order chi connectivity index (χ1) is 15.1. The summed E-state index contributed by atoms with van der Waals surface area (Å²) in [6, 6.07) is 1.42. The molecule has 1 aliphatic heterocycles. The van der Waals surface area contributed by atoms with Crippen molar-refractivity contribution in [3.63, 3.8) is 0 Å². The number of aliphatic hydroxyl groups excluding tert-OH is 2. The van der Waals surface area contributed by atoms with Crippen LogP contribution in [-0.4, -0.2) is 69.7 Å². The van der Waals surface area contributed by atoms with Gasteiger partial charge in [0.2, 0.25) is 0 Å². The minimum atomic E-state index is -5.72. The number of H-pyrrole nitrogens is 2. The number of fused-ring (bicyclic) bond motifs is 1. The molecule has 0 aromatic carbocycles. The maximum Gasteiger partial charge on any atom is 0.490 e. The lowest BCUT2D eigenvalue weighted by molar-refractivity contribution is -0.0224. The van der Waals surface area contributed by atoms with E-state index in [-0.39, 0.29) is 15.9 Å². The highest BCUT2D eigenvalue weighted by Crippen LogP contribution is 2.66. The molecule has 2 aromatic rings. The number of phosphoric acid groups is 3. The van der Waals surface area contributed by atoms with Gasteiger partial charge < -0.3 is 39.5 Å². The van der Waals surface area contributed by atoms with Gasteiger partial charge in [0, 0.05) is 17.1 Å². The number of ether oxygens (including phenoxy) is 1. The number of aliphatic hydroxyl groups is 2. The minimum Gasteiger partial charge on any atom is -0.387 e. The molecule has 6 atom stereocenters. The smallest absolute Gasteiger partial charge is 0.387 e. The second-order valence-corrected chi connectivity index (χ2v) is 11.4. The van der Waals surface area contributed by atoms with Crippen molar-refractivity contribution in [2.75, 3.05) is 6.61 Å². The lowest BCUT2D eigenvalue weighted by Crippen LogP contribution is -2.33. The predicted octanol–water partition coefficient (Wildman–Crippen LogP) is -0.514. The molecule has 3 rings (SSSR count). The van der Waals surface area contributed by atoms with E-state index in [0.29, 0.717) is 5.39 Å². The molecule has 0 spiro atoms. The van der Waals surface area contributed by atoms with Gasteiger partial charge in [-0.05, 0) is 6.07 Å². The average molecular weight is 551 g/mol. The van der Waals surface area contributed by atoms with Crippen LogP contribution in [0.1, 0.15) is 11.7 Å². The lowest BCUT2D eigenvalue weighted by Gasteiger charge is -2.19. The molecule has 1 aliphatic rings. The Morgan fingerprint density at radius 1 is 1.06 bits per heavy atom. The van der Waals surface area contributed by atoms with Crippen molar-refractivity contribution in [2.24, 2.45) is 0 Å². The number of phosphoric ester groups is 1. The van der Waals surface area contributed by atoms with E-state index in [4.69, 9.17) is 31.6 Å². The lowest BCUT2D eigenvalue weighted by atomic mass is 10.0. The fourth-order valence-electron chi connectivity index (χ4n) is 2.86. The quantitative estimate of drug-likeness (QED) is 0.151. The second-order valence-electron chi connectivity index (χ2n) is 6.54. The Morgan fingerprint density at radius 3 is 2.36 bits per heavy atom. The fourth-order valence-corrected chi connectivity index (χ4v) is 6.17. The molecule has 0 radical (unpaired) electrons. The predicted molar refractivity (Wildman–Crippen MR) is 107 cm³/mol. The number of aromatic nitrogens is 3. The molecule has 2 aromatic heterocycles. The van der Waals surface area contributed by atoms with Crippen molar-refractivity contribution in [3.8, 4) is 0 Å². The monoisotopic (exact) mass is 551 g/mol. The molecule has 17 nitrogen and oxygen atoms in total. The van der Waals surface area contributed by atoms with Gasteiger partial charge in [-0.3, -0.25) is 9.51 Å². The zero-order valence-electron chi connectivity index (χ0n) is 15.8. The molecule has 3 heterocycles.